The van der Waals surface area contributed by atoms with E-state index in [1.54, 1.807) is 6.07 Å². The zero-order chi connectivity index (χ0) is 17.9. The molecule has 0 spiro atoms. The highest BCUT2D eigenvalue weighted by Gasteiger charge is 2.19. The van der Waals surface area contributed by atoms with Crippen molar-refractivity contribution < 1.29 is 23.8 Å². The smallest absolute Gasteiger partial charge is 0.308 e. The van der Waals surface area contributed by atoms with E-state index in [-0.39, 0.29) is 0 Å². The maximum absolute atomic E-state index is 11.5. The summed E-state index contributed by atoms with van der Waals surface area (Å²) in [5.41, 5.74) is 2.09. The Balaban J connectivity index is 2.78. The zero-order valence-electron chi connectivity index (χ0n) is 14.7. The number of hydrogen-bond acceptors (Lipinski definition) is 5. The third kappa shape index (κ3) is 3.85. The van der Waals surface area contributed by atoms with Crippen LogP contribution in [-0.2, 0) is 9.59 Å². The van der Waals surface area contributed by atoms with Crippen molar-refractivity contribution in [2.24, 2.45) is 0 Å². The Morgan fingerprint density at radius 3 is 2.00 bits per heavy atom. The monoisotopic (exact) mass is 330 g/mol. The van der Waals surface area contributed by atoms with E-state index in [1.807, 2.05) is 32.9 Å². The van der Waals surface area contributed by atoms with Crippen molar-refractivity contribution in [2.45, 2.75) is 41.0 Å². The average molecular weight is 330 g/mol. The molecule has 24 heavy (non-hydrogen) atoms. The maximum Gasteiger partial charge on any atom is 0.308 e. The summed E-state index contributed by atoms with van der Waals surface area (Å²) in [6.07, 6.45) is 0.799. The summed E-state index contributed by atoms with van der Waals surface area (Å²) in [6, 6.07) is 5.43. The molecule has 0 unspecified atom stereocenters. The highest BCUT2D eigenvalue weighted by Crippen LogP contribution is 2.43. The first-order valence-corrected chi connectivity index (χ1v) is 7.91. The Morgan fingerprint density at radius 1 is 0.875 bits per heavy atom. The predicted octanol–water partition coefficient (Wildman–Crippen LogP) is 4.10. The lowest BCUT2D eigenvalue weighted by Gasteiger charge is -2.17. The van der Waals surface area contributed by atoms with E-state index in [0.29, 0.717) is 34.6 Å². The van der Waals surface area contributed by atoms with Crippen molar-refractivity contribution in [3.8, 4) is 17.2 Å². The number of esters is 2. The minimum absolute atomic E-state index is 0.352. The molecular formula is C19H22O5. The first kappa shape index (κ1) is 17.8. The van der Waals surface area contributed by atoms with E-state index in [2.05, 4.69) is 0 Å². The molecule has 0 radical (unpaired) electrons. The zero-order valence-corrected chi connectivity index (χ0v) is 14.7. The first-order chi connectivity index (χ1) is 11.3. The third-order valence-electron chi connectivity index (χ3n) is 3.59. The van der Waals surface area contributed by atoms with Gasteiger partial charge in [0.1, 0.15) is 5.75 Å². The fraction of sp³-hybridized carbons (Fsp3) is 0.368. The molecule has 2 aromatic rings. The quantitative estimate of drug-likeness (QED) is 0.610. The minimum Gasteiger partial charge on any atom is -0.490 e. The van der Waals surface area contributed by atoms with Crippen LogP contribution in [-0.4, -0.2) is 18.5 Å². The van der Waals surface area contributed by atoms with Gasteiger partial charge >= 0.3 is 11.9 Å². The Labute approximate surface area is 141 Å². The number of ether oxygens (including phenoxy) is 3. The van der Waals surface area contributed by atoms with Crippen LogP contribution in [0.1, 0.15) is 38.3 Å². The molecule has 0 heterocycles. The van der Waals surface area contributed by atoms with Crippen LogP contribution >= 0.6 is 0 Å². The van der Waals surface area contributed by atoms with Gasteiger partial charge in [0.25, 0.3) is 0 Å². The van der Waals surface area contributed by atoms with Crippen LogP contribution in [0.3, 0.4) is 0 Å². The molecular weight excluding hydrogens is 308 g/mol. The van der Waals surface area contributed by atoms with Crippen LogP contribution in [0.2, 0.25) is 0 Å². The number of fused-ring (bicyclic) bond motifs is 1. The van der Waals surface area contributed by atoms with Crippen molar-refractivity contribution in [2.75, 3.05) is 6.61 Å². The van der Waals surface area contributed by atoms with E-state index < -0.39 is 11.9 Å². The number of rotatable bonds is 5. The number of benzene rings is 2. The second-order valence-corrected chi connectivity index (χ2v) is 5.72. The molecule has 0 atom stereocenters. The van der Waals surface area contributed by atoms with Gasteiger partial charge in [0, 0.05) is 30.7 Å². The Morgan fingerprint density at radius 2 is 1.46 bits per heavy atom. The molecule has 5 nitrogen and oxygen atoms in total. The summed E-state index contributed by atoms with van der Waals surface area (Å²) >= 11 is 0. The second kappa shape index (κ2) is 7.34. The van der Waals surface area contributed by atoms with E-state index in [0.717, 1.165) is 17.5 Å². The highest BCUT2D eigenvalue weighted by atomic mass is 16.6. The topological polar surface area (TPSA) is 61.8 Å². The van der Waals surface area contributed by atoms with Gasteiger partial charge < -0.3 is 14.2 Å². The molecule has 128 valence electrons. The molecule has 0 amide bonds. The SMILES string of the molecule is CCCOc1cc(OC(C)=O)c2cc(C)c(C)cc2c1OC(C)=O. The summed E-state index contributed by atoms with van der Waals surface area (Å²) < 4.78 is 16.5. The predicted molar refractivity (Wildman–Crippen MR) is 91.8 cm³/mol. The van der Waals surface area contributed by atoms with E-state index in [9.17, 15) is 9.59 Å². The van der Waals surface area contributed by atoms with Gasteiger partial charge in [0.15, 0.2) is 11.5 Å². The number of aryl methyl sites for hydroxylation is 2. The van der Waals surface area contributed by atoms with Crippen LogP contribution in [0.15, 0.2) is 18.2 Å². The summed E-state index contributed by atoms with van der Waals surface area (Å²) in [7, 11) is 0. The van der Waals surface area contributed by atoms with Crippen molar-refractivity contribution in [3.05, 3.63) is 29.3 Å². The van der Waals surface area contributed by atoms with Crippen molar-refractivity contribution in [1.29, 1.82) is 0 Å². The maximum atomic E-state index is 11.5. The van der Waals surface area contributed by atoms with E-state index >= 15 is 0 Å². The lowest BCUT2D eigenvalue weighted by Crippen LogP contribution is -2.08. The number of carbonyl (C=O) groups is 2. The molecule has 5 heteroatoms. The molecule has 0 aliphatic heterocycles. The standard InChI is InChI=1S/C19H22O5/c1-6-7-22-18-10-17(23-13(4)20)15-8-11(2)12(3)9-16(15)19(18)24-14(5)21/h8-10H,6-7H2,1-5H3. The number of hydrogen-bond donors (Lipinski definition) is 0. The molecule has 2 aromatic carbocycles. The largest absolute Gasteiger partial charge is 0.490 e. The lowest BCUT2D eigenvalue weighted by atomic mass is 10.0. The molecule has 0 bridgehead atoms. The molecule has 2 rings (SSSR count). The normalized spacial score (nSPS) is 10.5. The first-order valence-electron chi connectivity index (χ1n) is 7.91. The molecule has 0 N–H and O–H groups in total. The summed E-state index contributed by atoms with van der Waals surface area (Å²) in [5, 5.41) is 1.38. The van der Waals surface area contributed by atoms with Crippen LogP contribution in [0, 0.1) is 13.8 Å². The van der Waals surface area contributed by atoms with Gasteiger partial charge in [0.05, 0.1) is 6.61 Å². The Kier molecular flexibility index (Phi) is 5.44. The van der Waals surface area contributed by atoms with Gasteiger partial charge in [-0.1, -0.05) is 6.92 Å². The molecule has 0 aliphatic rings. The fourth-order valence-electron chi connectivity index (χ4n) is 2.41. The molecule has 0 saturated heterocycles. The number of carbonyl (C=O) groups excluding carboxylic acids is 2. The van der Waals surface area contributed by atoms with Gasteiger partial charge in [-0.15, -0.1) is 0 Å². The second-order valence-electron chi connectivity index (χ2n) is 5.72. The summed E-state index contributed by atoms with van der Waals surface area (Å²) in [4.78, 5) is 23.0. The van der Waals surface area contributed by atoms with E-state index in [4.69, 9.17) is 14.2 Å². The minimum atomic E-state index is -0.434. The van der Waals surface area contributed by atoms with Gasteiger partial charge in [-0.25, -0.2) is 0 Å². The lowest BCUT2D eigenvalue weighted by molar-refractivity contribution is -0.133. The summed E-state index contributed by atoms with van der Waals surface area (Å²) in [6.45, 7) is 9.07. The van der Waals surface area contributed by atoms with Gasteiger partial charge in [-0.3, -0.25) is 9.59 Å². The molecule has 0 fully saturated rings. The van der Waals surface area contributed by atoms with Crippen molar-refractivity contribution >= 4 is 22.7 Å². The summed E-state index contributed by atoms with van der Waals surface area (Å²) in [5.74, 6) is 0.277. The van der Waals surface area contributed by atoms with Crippen LogP contribution in [0.25, 0.3) is 10.8 Å². The fourth-order valence-corrected chi connectivity index (χ4v) is 2.41. The van der Waals surface area contributed by atoms with Crippen molar-refractivity contribution in [1.82, 2.24) is 0 Å². The molecule has 0 saturated carbocycles. The van der Waals surface area contributed by atoms with Gasteiger partial charge in [-0.05, 0) is 43.5 Å². The third-order valence-corrected chi connectivity index (χ3v) is 3.59. The van der Waals surface area contributed by atoms with Crippen LogP contribution < -0.4 is 14.2 Å². The molecule has 0 aliphatic carbocycles. The Hall–Kier alpha value is -2.56. The van der Waals surface area contributed by atoms with Gasteiger partial charge in [-0.2, -0.15) is 0 Å². The Bertz CT molecular complexity index is 792. The van der Waals surface area contributed by atoms with Crippen LogP contribution in [0.5, 0.6) is 17.2 Å². The highest BCUT2D eigenvalue weighted by molar-refractivity contribution is 5.99. The van der Waals surface area contributed by atoms with E-state index in [1.165, 1.54) is 13.8 Å². The average Bonchev–Trinajstić information content (AvgIpc) is 2.49. The van der Waals surface area contributed by atoms with Crippen molar-refractivity contribution in [3.63, 3.8) is 0 Å². The van der Waals surface area contributed by atoms with Gasteiger partial charge in [0.2, 0.25) is 0 Å². The molecule has 0 aromatic heterocycles. The van der Waals surface area contributed by atoms with Crippen LogP contribution in [0.4, 0.5) is 0 Å².